The van der Waals surface area contributed by atoms with Gasteiger partial charge in [-0.2, -0.15) is 0 Å². The molecule has 4 nitrogen and oxygen atoms in total. The molecule has 0 aliphatic heterocycles. The van der Waals surface area contributed by atoms with Crippen molar-refractivity contribution in [3.05, 3.63) is 0 Å². The third kappa shape index (κ3) is 4.28. The molecule has 0 heterocycles. The Kier molecular flexibility index (Phi) is 6.52. The second kappa shape index (κ2) is 7.67. The summed E-state index contributed by atoms with van der Waals surface area (Å²) in [6.07, 6.45) is 6.39. The molecule has 1 amide bonds. The van der Waals surface area contributed by atoms with Gasteiger partial charge in [-0.25, -0.2) is 0 Å². The number of carbonyl (C=O) groups is 1. The molecule has 1 aliphatic rings. The number of rotatable bonds is 6. The molecule has 0 radical (unpaired) electrons. The van der Waals surface area contributed by atoms with E-state index in [9.17, 15) is 4.79 Å². The van der Waals surface area contributed by atoms with Crippen LogP contribution in [-0.2, 0) is 9.53 Å². The lowest BCUT2D eigenvalue weighted by Crippen LogP contribution is -2.43. The minimum absolute atomic E-state index is 0.139. The molecule has 0 saturated heterocycles. The first-order valence-electron chi connectivity index (χ1n) is 6.75. The fourth-order valence-electron chi connectivity index (χ4n) is 2.61. The molecule has 1 rings (SSSR count). The van der Waals surface area contributed by atoms with Crippen LogP contribution >= 0.6 is 0 Å². The second-order valence-electron chi connectivity index (χ2n) is 4.77. The van der Waals surface area contributed by atoms with E-state index in [0.717, 1.165) is 19.4 Å². The van der Waals surface area contributed by atoms with Crippen LogP contribution in [0.3, 0.4) is 0 Å². The molecule has 0 spiro atoms. The normalized spacial score (nSPS) is 19.0. The zero-order valence-corrected chi connectivity index (χ0v) is 11.2. The first-order valence-corrected chi connectivity index (χ1v) is 6.75. The zero-order valence-electron chi connectivity index (χ0n) is 11.2. The fourth-order valence-corrected chi connectivity index (χ4v) is 2.61. The zero-order chi connectivity index (χ0) is 12.7. The van der Waals surface area contributed by atoms with E-state index in [1.807, 2.05) is 4.90 Å². The van der Waals surface area contributed by atoms with Crippen molar-refractivity contribution in [1.29, 1.82) is 0 Å². The smallest absolute Gasteiger partial charge is 0.225 e. The van der Waals surface area contributed by atoms with Crippen molar-refractivity contribution < 1.29 is 9.53 Å². The minimum atomic E-state index is -0.139. The molecule has 0 aromatic heterocycles. The first kappa shape index (κ1) is 14.5. The van der Waals surface area contributed by atoms with E-state index >= 15 is 0 Å². The molecule has 1 aliphatic carbocycles. The maximum Gasteiger partial charge on any atom is 0.225 e. The quantitative estimate of drug-likeness (QED) is 0.768. The van der Waals surface area contributed by atoms with Crippen LogP contribution in [0.1, 0.15) is 45.4 Å². The minimum Gasteiger partial charge on any atom is -0.380 e. The largest absolute Gasteiger partial charge is 0.380 e. The van der Waals surface area contributed by atoms with Gasteiger partial charge in [0.05, 0.1) is 12.5 Å². The third-order valence-electron chi connectivity index (χ3n) is 3.68. The predicted molar refractivity (Wildman–Crippen MR) is 68.7 cm³/mol. The third-order valence-corrected chi connectivity index (χ3v) is 3.68. The summed E-state index contributed by atoms with van der Waals surface area (Å²) in [7, 11) is 1.61. The van der Waals surface area contributed by atoms with Gasteiger partial charge in [0, 0.05) is 26.2 Å². The molecule has 2 N–H and O–H groups in total. The molecule has 1 atom stereocenters. The van der Waals surface area contributed by atoms with E-state index in [4.69, 9.17) is 10.5 Å². The van der Waals surface area contributed by atoms with Crippen LogP contribution in [0.15, 0.2) is 0 Å². The second-order valence-corrected chi connectivity index (χ2v) is 4.77. The van der Waals surface area contributed by atoms with Crippen molar-refractivity contribution in [3.8, 4) is 0 Å². The van der Waals surface area contributed by atoms with Crippen molar-refractivity contribution in [2.45, 2.75) is 57.6 Å². The van der Waals surface area contributed by atoms with Crippen molar-refractivity contribution >= 4 is 5.91 Å². The van der Waals surface area contributed by atoms with Gasteiger partial charge in [0.1, 0.15) is 0 Å². The maximum atomic E-state index is 12.2. The van der Waals surface area contributed by atoms with E-state index in [1.54, 1.807) is 7.11 Å². The van der Waals surface area contributed by atoms with Gasteiger partial charge < -0.3 is 15.4 Å². The molecule has 4 heteroatoms. The number of hydrogen-bond acceptors (Lipinski definition) is 3. The summed E-state index contributed by atoms with van der Waals surface area (Å²) in [5.74, 6) is 0.191. The number of carbonyl (C=O) groups excluding carboxylic acids is 1. The van der Waals surface area contributed by atoms with Crippen LogP contribution < -0.4 is 5.73 Å². The Labute approximate surface area is 104 Å². The Balaban J connectivity index is 2.50. The number of amides is 1. The van der Waals surface area contributed by atoms with Crippen LogP contribution in [0.25, 0.3) is 0 Å². The van der Waals surface area contributed by atoms with Gasteiger partial charge in [0.25, 0.3) is 0 Å². The van der Waals surface area contributed by atoms with E-state index < -0.39 is 0 Å². The molecule has 0 aromatic carbocycles. The Morgan fingerprint density at radius 3 is 2.53 bits per heavy atom. The molecular weight excluding hydrogens is 216 g/mol. The molecular formula is C13H26N2O2. The van der Waals surface area contributed by atoms with Crippen LogP contribution in [0.2, 0.25) is 0 Å². The summed E-state index contributed by atoms with van der Waals surface area (Å²) in [5, 5.41) is 0. The summed E-state index contributed by atoms with van der Waals surface area (Å²) in [5.41, 5.74) is 5.56. The topological polar surface area (TPSA) is 55.6 Å². The highest BCUT2D eigenvalue weighted by Crippen LogP contribution is 2.23. The maximum absolute atomic E-state index is 12.2. The summed E-state index contributed by atoms with van der Waals surface area (Å²) in [6.45, 7) is 3.26. The van der Waals surface area contributed by atoms with Crippen molar-refractivity contribution in [2.75, 3.05) is 20.2 Å². The van der Waals surface area contributed by atoms with E-state index in [1.165, 1.54) is 19.3 Å². The highest BCUT2D eigenvalue weighted by molar-refractivity contribution is 5.77. The average Bonchev–Trinajstić information content (AvgIpc) is 2.38. The molecule has 0 bridgehead atoms. The fraction of sp³-hybridized carbons (Fsp3) is 0.923. The Bertz CT molecular complexity index is 223. The Hall–Kier alpha value is -0.610. The van der Waals surface area contributed by atoms with Crippen LogP contribution in [0.5, 0.6) is 0 Å². The van der Waals surface area contributed by atoms with Gasteiger partial charge >= 0.3 is 0 Å². The van der Waals surface area contributed by atoms with Gasteiger partial charge in [0.2, 0.25) is 5.91 Å². The van der Waals surface area contributed by atoms with Gasteiger partial charge in [0.15, 0.2) is 0 Å². The molecule has 1 unspecified atom stereocenters. The predicted octanol–water partition coefficient (Wildman–Crippen LogP) is 1.53. The lowest BCUT2D eigenvalue weighted by atomic mass is 9.94. The molecule has 100 valence electrons. The summed E-state index contributed by atoms with van der Waals surface area (Å²) in [4.78, 5) is 14.2. The van der Waals surface area contributed by atoms with Crippen LogP contribution in [0, 0.1) is 0 Å². The molecule has 17 heavy (non-hydrogen) atoms. The Morgan fingerprint density at radius 2 is 2.06 bits per heavy atom. The van der Waals surface area contributed by atoms with E-state index in [0.29, 0.717) is 19.0 Å². The molecule has 1 saturated carbocycles. The highest BCUT2D eigenvalue weighted by Gasteiger charge is 2.25. The van der Waals surface area contributed by atoms with Crippen molar-refractivity contribution in [1.82, 2.24) is 4.90 Å². The van der Waals surface area contributed by atoms with Gasteiger partial charge in [-0.1, -0.05) is 19.3 Å². The number of nitrogens with zero attached hydrogens (tertiary/aromatic N) is 1. The number of hydrogen-bond donors (Lipinski definition) is 1. The molecule has 1 fully saturated rings. The number of methoxy groups -OCH3 is 1. The highest BCUT2D eigenvalue weighted by atomic mass is 16.5. The Morgan fingerprint density at radius 1 is 1.41 bits per heavy atom. The van der Waals surface area contributed by atoms with Crippen molar-refractivity contribution in [2.24, 2.45) is 5.73 Å². The summed E-state index contributed by atoms with van der Waals surface area (Å²) in [6, 6.07) is 0.441. The first-order chi connectivity index (χ1) is 8.22. The summed E-state index contributed by atoms with van der Waals surface area (Å²) < 4.78 is 5.18. The number of ether oxygens (including phenoxy) is 1. The molecule has 0 aromatic rings. The lowest BCUT2D eigenvalue weighted by molar-refractivity contribution is -0.136. The van der Waals surface area contributed by atoms with Crippen molar-refractivity contribution in [3.63, 3.8) is 0 Å². The standard InChI is InChI=1S/C13H26N2O2/c1-3-15(11-7-5-4-6-8-11)13(16)9-12(10-14)17-2/h11-12H,3-10,14H2,1-2H3. The SMILES string of the molecule is CCN(C(=O)CC(CN)OC)C1CCCCC1. The van der Waals surface area contributed by atoms with E-state index in [2.05, 4.69) is 6.92 Å². The average molecular weight is 242 g/mol. The lowest BCUT2D eigenvalue weighted by Gasteiger charge is -2.34. The summed E-state index contributed by atoms with van der Waals surface area (Å²) >= 11 is 0. The van der Waals surface area contributed by atoms with Gasteiger partial charge in [-0.15, -0.1) is 0 Å². The van der Waals surface area contributed by atoms with Gasteiger partial charge in [-0.05, 0) is 19.8 Å². The van der Waals surface area contributed by atoms with E-state index in [-0.39, 0.29) is 12.0 Å². The van der Waals surface area contributed by atoms with Crippen LogP contribution in [0.4, 0.5) is 0 Å². The van der Waals surface area contributed by atoms with Crippen LogP contribution in [-0.4, -0.2) is 43.2 Å². The monoisotopic (exact) mass is 242 g/mol. The van der Waals surface area contributed by atoms with Gasteiger partial charge in [-0.3, -0.25) is 4.79 Å². The number of nitrogens with two attached hydrogens (primary N) is 1.